The molecule has 0 bridgehead atoms. The van der Waals surface area contributed by atoms with Crippen LogP contribution in [0.3, 0.4) is 0 Å². The average molecular weight is 403 g/mol. The summed E-state index contributed by atoms with van der Waals surface area (Å²) < 4.78 is 0. The topological polar surface area (TPSA) is 99.3 Å². The Hall–Kier alpha value is -2.87. The number of imide groups is 1. The zero-order valence-electron chi connectivity index (χ0n) is 16.1. The number of carbonyl (C=O) groups excluding carboxylic acids is 3. The number of hydrogen-bond donors (Lipinski definition) is 4. The second-order valence-corrected chi connectivity index (χ2v) is 7.30. The van der Waals surface area contributed by atoms with E-state index in [1.165, 1.54) is 4.88 Å². The third kappa shape index (κ3) is 7.03. The maximum atomic E-state index is 12.0. The molecule has 4 amide bonds. The van der Waals surface area contributed by atoms with Gasteiger partial charge in [0, 0.05) is 29.2 Å². The van der Waals surface area contributed by atoms with Crippen molar-refractivity contribution in [3.63, 3.8) is 0 Å². The number of rotatable bonds is 9. The van der Waals surface area contributed by atoms with Gasteiger partial charge < -0.3 is 16.0 Å². The van der Waals surface area contributed by atoms with E-state index in [4.69, 9.17) is 0 Å². The summed E-state index contributed by atoms with van der Waals surface area (Å²) >= 11 is 1.63. The lowest BCUT2D eigenvalue weighted by Crippen LogP contribution is -2.42. The highest BCUT2D eigenvalue weighted by Gasteiger charge is 2.10. The van der Waals surface area contributed by atoms with Crippen LogP contribution in [-0.4, -0.2) is 30.9 Å². The van der Waals surface area contributed by atoms with E-state index < -0.39 is 11.9 Å². The van der Waals surface area contributed by atoms with E-state index in [1.807, 2.05) is 43.5 Å². The van der Waals surface area contributed by atoms with Gasteiger partial charge in [-0.05, 0) is 48.9 Å². The fourth-order valence-electron chi connectivity index (χ4n) is 2.55. The van der Waals surface area contributed by atoms with Gasteiger partial charge in [0.15, 0.2) is 0 Å². The Labute approximate surface area is 168 Å². The minimum atomic E-state index is -0.513. The number of anilines is 2. The summed E-state index contributed by atoms with van der Waals surface area (Å²) in [5, 5.41) is 12.8. The molecule has 1 aromatic heterocycles. The first-order chi connectivity index (χ1) is 13.5. The number of carbonyl (C=O) groups is 3. The Bertz CT molecular complexity index is 806. The van der Waals surface area contributed by atoms with Crippen molar-refractivity contribution in [1.29, 1.82) is 0 Å². The highest BCUT2D eigenvalue weighted by atomic mass is 32.1. The van der Waals surface area contributed by atoms with E-state index in [0.29, 0.717) is 18.7 Å². The minimum Gasteiger partial charge on any atom is -0.376 e. The molecule has 0 atom stereocenters. The van der Waals surface area contributed by atoms with Crippen molar-refractivity contribution < 1.29 is 14.4 Å². The van der Waals surface area contributed by atoms with Gasteiger partial charge in [-0.15, -0.1) is 11.3 Å². The molecule has 28 heavy (non-hydrogen) atoms. The van der Waals surface area contributed by atoms with Crippen LogP contribution in [0.25, 0.3) is 0 Å². The highest BCUT2D eigenvalue weighted by molar-refractivity contribution is 7.09. The molecule has 0 saturated carbocycles. The molecule has 2 aromatic rings. The van der Waals surface area contributed by atoms with Crippen LogP contribution >= 0.6 is 11.3 Å². The summed E-state index contributed by atoms with van der Waals surface area (Å²) in [6.07, 6.45) is 1.97. The third-order valence-electron chi connectivity index (χ3n) is 4.01. The Kier molecular flexibility index (Phi) is 8.48. The molecule has 0 aliphatic rings. The smallest absolute Gasteiger partial charge is 0.321 e. The van der Waals surface area contributed by atoms with Crippen LogP contribution in [0.1, 0.15) is 30.2 Å². The number of hydrogen-bond acceptors (Lipinski definition) is 5. The largest absolute Gasteiger partial charge is 0.376 e. The maximum absolute atomic E-state index is 12.0. The van der Waals surface area contributed by atoms with Crippen molar-refractivity contribution in [2.45, 2.75) is 33.1 Å². The predicted octanol–water partition coefficient (Wildman–Crippen LogP) is 3.28. The molecule has 0 unspecified atom stereocenters. The number of thiophene rings is 1. The molecule has 0 saturated heterocycles. The predicted molar refractivity (Wildman–Crippen MR) is 113 cm³/mol. The fraction of sp³-hybridized carbons (Fsp3) is 0.350. The summed E-state index contributed by atoms with van der Waals surface area (Å²) in [4.78, 5) is 36.7. The van der Waals surface area contributed by atoms with Crippen LogP contribution in [0.4, 0.5) is 16.2 Å². The zero-order chi connectivity index (χ0) is 20.4. The SMILES string of the molecule is CCCC(=O)Nc1cccc(NCC(=O)NC(=O)NCCc2cccs2)c1C. The number of nitrogens with one attached hydrogen (secondary N) is 4. The Morgan fingerprint density at radius 2 is 1.82 bits per heavy atom. The highest BCUT2D eigenvalue weighted by Crippen LogP contribution is 2.23. The monoisotopic (exact) mass is 402 g/mol. The summed E-state index contributed by atoms with van der Waals surface area (Å²) in [5.74, 6) is -0.479. The minimum absolute atomic E-state index is 0.0419. The van der Waals surface area contributed by atoms with E-state index in [0.717, 1.165) is 24.1 Å². The van der Waals surface area contributed by atoms with Gasteiger partial charge in [-0.1, -0.05) is 19.1 Å². The third-order valence-corrected chi connectivity index (χ3v) is 4.95. The van der Waals surface area contributed by atoms with Crippen LogP contribution < -0.4 is 21.3 Å². The number of amides is 4. The quantitative estimate of drug-likeness (QED) is 0.517. The van der Waals surface area contributed by atoms with Gasteiger partial charge in [0.05, 0.1) is 6.54 Å². The standard InChI is InChI=1S/C20H26N4O3S/c1-3-6-18(25)23-17-9-4-8-16(14(17)2)22-13-19(26)24-20(27)21-11-10-15-7-5-12-28-15/h4-5,7-9,12,22H,3,6,10-11,13H2,1-2H3,(H,23,25)(H2,21,24,26,27). The molecule has 8 heteroatoms. The van der Waals surface area contributed by atoms with E-state index in [9.17, 15) is 14.4 Å². The van der Waals surface area contributed by atoms with Crippen molar-refractivity contribution in [3.05, 3.63) is 46.2 Å². The lowest BCUT2D eigenvalue weighted by atomic mass is 10.1. The molecule has 150 valence electrons. The lowest BCUT2D eigenvalue weighted by Gasteiger charge is -2.14. The van der Waals surface area contributed by atoms with Gasteiger partial charge in [0.25, 0.3) is 0 Å². The first-order valence-electron chi connectivity index (χ1n) is 9.23. The van der Waals surface area contributed by atoms with Crippen molar-refractivity contribution in [3.8, 4) is 0 Å². The molecule has 4 N–H and O–H groups in total. The Morgan fingerprint density at radius 3 is 2.54 bits per heavy atom. The van der Waals surface area contributed by atoms with Gasteiger partial charge in [0.1, 0.15) is 0 Å². The maximum Gasteiger partial charge on any atom is 0.321 e. The normalized spacial score (nSPS) is 10.2. The summed E-state index contributed by atoms with van der Waals surface area (Å²) in [7, 11) is 0. The number of benzene rings is 1. The van der Waals surface area contributed by atoms with Crippen molar-refractivity contribution in [1.82, 2.24) is 10.6 Å². The molecular weight excluding hydrogens is 376 g/mol. The molecule has 0 aliphatic carbocycles. The van der Waals surface area contributed by atoms with E-state index >= 15 is 0 Å². The first-order valence-corrected chi connectivity index (χ1v) is 10.1. The molecular formula is C20H26N4O3S. The molecule has 7 nitrogen and oxygen atoms in total. The van der Waals surface area contributed by atoms with Crippen molar-refractivity contribution in [2.24, 2.45) is 0 Å². The van der Waals surface area contributed by atoms with Crippen molar-refractivity contribution in [2.75, 3.05) is 23.7 Å². The summed E-state index contributed by atoms with van der Waals surface area (Å²) in [5.41, 5.74) is 2.26. The summed E-state index contributed by atoms with van der Waals surface area (Å²) in [6, 6.07) is 8.88. The van der Waals surface area contributed by atoms with Gasteiger partial charge in [-0.25, -0.2) is 4.79 Å². The molecule has 0 radical (unpaired) electrons. The molecule has 1 aromatic carbocycles. The first kappa shape index (κ1) is 21.4. The number of urea groups is 1. The molecule has 2 rings (SSSR count). The van der Waals surface area contributed by atoms with E-state index in [2.05, 4.69) is 21.3 Å². The second kappa shape index (κ2) is 11.1. The Balaban J connectivity index is 1.77. The van der Waals surface area contributed by atoms with Crippen LogP contribution in [0.2, 0.25) is 0 Å². The lowest BCUT2D eigenvalue weighted by molar-refractivity contribution is -0.118. The molecule has 1 heterocycles. The van der Waals surface area contributed by atoms with Crippen LogP contribution in [-0.2, 0) is 16.0 Å². The second-order valence-electron chi connectivity index (χ2n) is 6.26. The van der Waals surface area contributed by atoms with Gasteiger partial charge in [-0.3, -0.25) is 14.9 Å². The van der Waals surface area contributed by atoms with E-state index in [1.54, 1.807) is 17.4 Å². The summed E-state index contributed by atoms with van der Waals surface area (Å²) in [6.45, 7) is 4.22. The average Bonchev–Trinajstić information content (AvgIpc) is 3.16. The van der Waals surface area contributed by atoms with Crippen LogP contribution in [0, 0.1) is 6.92 Å². The fourth-order valence-corrected chi connectivity index (χ4v) is 3.26. The van der Waals surface area contributed by atoms with Crippen LogP contribution in [0.15, 0.2) is 35.7 Å². The van der Waals surface area contributed by atoms with Crippen LogP contribution in [0.5, 0.6) is 0 Å². The molecule has 0 aliphatic heterocycles. The van der Waals surface area contributed by atoms with Crippen molar-refractivity contribution >= 4 is 40.6 Å². The molecule has 0 spiro atoms. The van der Waals surface area contributed by atoms with E-state index in [-0.39, 0.29) is 12.5 Å². The molecule has 0 fully saturated rings. The van der Waals surface area contributed by atoms with Gasteiger partial charge >= 0.3 is 6.03 Å². The van der Waals surface area contributed by atoms with Gasteiger partial charge in [0.2, 0.25) is 11.8 Å². The zero-order valence-corrected chi connectivity index (χ0v) is 16.9. The van der Waals surface area contributed by atoms with Gasteiger partial charge in [-0.2, -0.15) is 0 Å². The Morgan fingerprint density at radius 1 is 1.04 bits per heavy atom.